The Kier molecular flexibility index (Phi) is 9.96. The first-order valence-corrected chi connectivity index (χ1v) is 13.1. The number of halogens is 2. The lowest BCUT2D eigenvalue weighted by Gasteiger charge is -2.28. The normalized spacial score (nSPS) is 15.2. The van der Waals surface area contributed by atoms with Crippen LogP contribution < -0.4 is 25.5 Å². The molecule has 1 aliphatic heterocycles. The fourth-order valence-electron chi connectivity index (χ4n) is 3.42. The Morgan fingerprint density at radius 2 is 1.89 bits per heavy atom. The quantitative estimate of drug-likeness (QED) is 0.134. The molecule has 0 saturated heterocycles. The van der Waals surface area contributed by atoms with Crippen LogP contribution in [0.4, 0.5) is 4.79 Å². The van der Waals surface area contributed by atoms with Crippen LogP contribution in [-0.2, 0) is 14.3 Å². The van der Waals surface area contributed by atoms with Gasteiger partial charge in [-0.05, 0) is 94.4 Å². The lowest BCUT2D eigenvalue weighted by molar-refractivity contribution is -0.139. The van der Waals surface area contributed by atoms with E-state index in [-0.39, 0.29) is 30.3 Å². The van der Waals surface area contributed by atoms with Gasteiger partial charge in [-0.1, -0.05) is 6.07 Å². The summed E-state index contributed by atoms with van der Waals surface area (Å²) in [7, 11) is 1.44. The minimum Gasteiger partial charge on any atom is -0.506 e. The number of allylic oxidation sites excluding steroid dienone is 1. The molecule has 1 aliphatic rings. The van der Waals surface area contributed by atoms with Crippen LogP contribution >= 0.6 is 45.2 Å². The van der Waals surface area contributed by atoms with Crippen LogP contribution in [0.1, 0.15) is 31.0 Å². The number of hydrogen-bond donors (Lipinski definition) is 4. The molecule has 13 heteroatoms. The third kappa shape index (κ3) is 7.24. The van der Waals surface area contributed by atoms with Gasteiger partial charge < -0.3 is 30.0 Å². The van der Waals surface area contributed by atoms with E-state index in [1.807, 2.05) is 45.2 Å². The maximum absolute atomic E-state index is 12.5. The zero-order valence-corrected chi connectivity index (χ0v) is 24.4. The number of benzene rings is 2. The second kappa shape index (κ2) is 12.9. The highest BCUT2D eigenvalue weighted by Gasteiger charge is 2.32. The first-order chi connectivity index (χ1) is 17.6. The van der Waals surface area contributed by atoms with Gasteiger partial charge in [-0.25, -0.2) is 15.0 Å². The first-order valence-electron chi connectivity index (χ1n) is 10.9. The third-order valence-electron chi connectivity index (χ3n) is 5.09. The molecule has 0 bridgehead atoms. The van der Waals surface area contributed by atoms with Gasteiger partial charge in [-0.15, -0.1) is 0 Å². The topological polar surface area (TPSA) is 148 Å². The number of phenols is 1. The number of amides is 3. The summed E-state index contributed by atoms with van der Waals surface area (Å²) in [5, 5.41) is 19.1. The molecule has 0 radical (unpaired) electrons. The number of esters is 1. The van der Waals surface area contributed by atoms with Crippen molar-refractivity contribution in [2.75, 3.05) is 20.3 Å². The van der Waals surface area contributed by atoms with Gasteiger partial charge in [0.05, 0.1) is 38.7 Å². The average Bonchev–Trinajstić information content (AvgIpc) is 2.85. The van der Waals surface area contributed by atoms with E-state index >= 15 is 0 Å². The molecule has 1 heterocycles. The molecular formula is C24H24I2N4O7. The molecule has 11 nitrogen and oxygen atoms in total. The lowest BCUT2D eigenvalue weighted by atomic mass is 9.95. The van der Waals surface area contributed by atoms with Crippen LogP contribution in [0.3, 0.4) is 0 Å². The summed E-state index contributed by atoms with van der Waals surface area (Å²) in [4.78, 5) is 36.8. The minimum absolute atomic E-state index is 0.187. The van der Waals surface area contributed by atoms with Gasteiger partial charge in [0.1, 0.15) is 5.75 Å². The van der Waals surface area contributed by atoms with E-state index in [0.717, 1.165) is 0 Å². The summed E-state index contributed by atoms with van der Waals surface area (Å²) in [6.07, 6.45) is 1.46. The van der Waals surface area contributed by atoms with Crippen molar-refractivity contribution in [3.8, 4) is 17.2 Å². The number of nitrogens with zero attached hydrogens (tertiary/aromatic N) is 1. The molecule has 0 spiro atoms. The van der Waals surface area contributed by atoms with E-state index in [0.29, 0.717) is 29.7 Å². The minimum atomic E-state index is -0.764. The molecule has 0 aliphatic carbocycles. The maximum atomic E-state index is 12.5. The molecule has 3 rings (SSSR count). The average molecular weight is 734 g/mol. The molecule has 4 N–H and O–H groups in total. The number of carbonyl (C=O) groups is 3. The molecule has 196 valence electrons. The fraction of sp³-hybridized carbons (Fsp3) is 0.250. The van der Waals surface area contributed by atoms with Gasteiger partial charge in [-0.2, -0.15) is 5.10 Å². The van der Waals surface area contributed by atoms with Gasteiger partial charge in [0.25, 0.3) is 5.91 Å². The summed E-state index contributed by atoms with van der Waals surface area (Å²) in [6, 6.07) is 7.09. The van der Waals surface area contributed by atoms with Gasteiger partial charge >= 0.3 is 12.0 Å². The summed E-state index contributed by atoms with van der Waals surface area (Å²) in [6.45, 7) is 3.17. The molecule has 0 saturated carbocycles. The summed E-state index contributed by atoms with van der Waals surface area (Å²) >= 11 is 4.02. The Bertz CT molecular complexity index is 1260. The highest BCUT2D eigenvalue weighted by atomic mass is 127. The van der Waals surface area contributed by atoms with E-state index in [1.165, 1.54) is 13.3 Å². The Morgan fingerprint density at radius 1 is 1.19 bits per heavy atom. The van der Waals surface area contributed by atoms with Crippen molar-refractivity contribution in [2.45, 2.75) is 19.9 Å². The second-order valence-corrected chi connectivity index (χ2v) is 9.94. The Morgan fingerprint density at radius 3 is 2.54 bits per heavy atom. The van der Waals surface area contributed by atoms with Crippen molar-refractivity contribution >= 4 is 69.3 Å². The monoisotopic (exact) mass is 734 g/mol. The molecule has 3 amide bonds. The van der Waals surface area contributed by atoms with Crippen LogP contribution in [-0.4, -0.2) is 49.6 Å². The van der Waals surface area contributed by atoms with Crippen LogP contribution in [0.5, 0.6) is 17.2 Å². The van der Waals surface area contributed by atoms with Crippen molar-refractivity contribution < 1.29 is 33.7 Å². The summed E-state index contributed by atoms with van der Waals surface area (Å²) < 4.78 is 17.5. The van der Waals surface area contributed by atoms with Crippen molar-refractivity contribution in [1.29, 1.82) is 0 Å². The van der Waals surface area contributed by atoms with Crippen molar-refractivity contribution in [1.82, 2.24) is 16.1 Å². The van der Waals surface area contributed by atoms with Gasteiger partial charge in [-0.3, -0.25) is 4.79 Å². The molecular weight excluding hydrogens is 710 g/mol. The zero-order chi connectivity index (χ0) is 27.1. The number of ether oxygens (including phenoxy) is 3. The van der Waals surface area contributed by atoms with Crippen LogP contribution in [0.15, 0.2) is 46.7 Å². The first kappa shape index (κ1) is 28.5. The van der Waals surface area contributed by atoms with Crippen molar-refractivity contribution in [2.24, 2.45) is 5.10 Å². The smallest absolute Gasteiger partial charge is 0.338 e. The summed E-state index contributed by atoms with van der Waals surface area (Å²) in [5.41, 5.74) is 4.31. The number of hydrogen-bond acceptors (Lipinski definition) is 8. The molecule has 2 aromatic carbocycles. The standard InChI is InChI=1S/C24H24I2N4O7/c1-4-36-23(33)20-12(2)28-24(34)29-21(20)14-5-6-17(18(9-14)35-3)37-11-19(31)30-27-10-13-7-15(25)22(32)16(26)8-13/h5-10,21,32H,4,11H2,1-3H3,(H,30,31)(H2,28,29,34)/b27-10-/t21-/m1/s1. The van der Waals surface area contributed by atoms with E-state index in [4.69, 9.17) is 14.2 Å². The maximum Gasteiger partial charge on any atom is 0.338 e. The van der Waals surface area contributed by atoms with E-state index in [9.17, 15) is 19.5 Å². The predicted octanol–water partition coefficient (Wildman–Crippen LogP) is 3.33. The van der Waals surface area contributed by atoms with E-state index in [2.05, 4.69) is 21.2 Å². The molecule has 37 heavy (non-hydrogen) atoms. The third-order valence-corrected chi connectivity index (χ3v) is 6.73. The fourth-order valence-corrected chi connectivity index (χ4v) is 5.24. The van der Waals surface area contributed by atoms with E-state index < -0.39 is 23.9 Å². The number of aromatic hydroxyl groups is 1. The van der Waals surface area contributed by atoms with Crippen molar-refractivity contribution in [3.05, 3.63) is 59.9 Å². The summed E-state index contributed by atoms with van der Waals surface area (Å²) in [5.74, 6) is -0.269. The molecule has 1 atom stereocenters. The Balaban J connectivity index is 1.69. The highest BCUT2D eigenvalue weighted by molar-refractivity contribution is 14.1. The number of hydrazone groups is 1. The predicted molar refractivity (Wildman–Crippen MR) is 152 cm³/mol. The lowest BCUT2D eigenvalue weighted by Crippen LogP contribution is -2.45. The number of phenolic OH excluding ortho intramolecular Hbond substituents is 1. The van der Waals surface area contributed by atoms with Crippen LogP contribution in [0, 0.1) is 7.14 Å². The molecule has 0 unspecified atom stereocenters. The number of urea groups is 1. The number of methoxy groups -OCH3 is 1. The van der Waals surface area contributed by atoms with Gasteiger partial charge in [0, 0.05) is 5.70 Å². The highest BCUT2D eigenvalue weighted by Crippen LogP contribution is 2.34. The Hall–Kier alpha value is -3.08. The van der Waals surface area contributed by atoms with Crippen LogP contribution in [0.2, 0.25) is 0 Å². The molecule has 0 aromatic heterocycles. The van der Waals surface area contributed by atoms with Gasteiger partial charge in [0.15, 0.2) is 18.1 Å². The SMILES string of the molecule is CCOC(=O)C1=C(C)NC(=O)N[C@@H]1c1ccc(OCC(=O)N/N=C\c2cc(I)c(O)c(I)c2)c(OC)c1. The second-order valence-electron chi connectivity index (χ2n) is 7.62. The van der Waals surface area contributed by atoms with Gasteiger partial charge in [0.2, 0.25) is 0 Å². The van der Waals surface area contributed by atoms with Crippen molar-refractivity contribution in [3.63, 3.8) is 0 Å². The number of carbonyl (C=O) groups excluding carboxylic acids is 3. The van der Waals surface area contributed by atoms with Crippen LogP contribution in [0.25, 0.3) is 0 Å². The Labute approximate surface area is 240 Å². The van der Waals surface area contributed by atoms with E-state index in [1.54, 1.807) is 44.2 Å². The number of rotatable bonds is 9. The molecule has 2 aromatic rings. The number of nitrogens with one attached hydrogen (secondary N) is 3. The largest absolute Gasteiger partial charge is 0.506 e. The molecule has 0 fully saturated rings. The zero-order valence-electron chi connectivity index (χ0n) is 20.1.